The Kier molecular flexibility index (Phi) is 8.14. The Bertz CT molecular complexity index is 904. The highest BCUT2D eigenvalue weighted by atomic mass is 19.1. The number of ketones is 1. The molecule has 1 aromatic carbocycles. The molecule has 0 bridgehead atoms. The van der Waals surface area contributed by atoms with Crippen molar-refractivity contribution >= 4 is 23.2 Å². The van der Waals surface area contributed by atoms with Crippen molar-refractivity contribution in [2.45, 2.75) is 33.7 Å². The van der Waals surface area contributed by atoms with Gasteiger partial charge in [-0.1, -0.05) is 19.9 Å². The molecule has 0 unspecified atom stereocenters. The maximum Gasteiger partial charge on any atom is 0.257 e. The van der Waals surface area contributed by atoms with E-state index in [0.717, 1.165) is 5.56 Å². The molecular formula is C22H31FN4O3. The van der Waals surface area contributed by atoms with Crippen LogP contribution in [0.5, 0.6) is 0 Å². The molecule has 1 aromatic heterocycles. The first-order chi connectivity index (χ1) is 14.3. The first-order valence-electron chi connectivity index (χ1n) is 10.2. The lowest BCUT2D eigenvalue weighted by Crippen LogP contribution is -2.60. The molecule has 30 heavy (non-hydrogen) atoms. The minimum Gasteiger partial charge on any atom is -0.395 e. The largest absolute Gasteiger partial charge is 0.395 e. The zero-order valence-electron chi connectivity index (χ0n) is 18.3. The van der Waals surface area contributed by atoms with Crippen LogP contribution < -0.4 is 10.6 Å². The number of carbonyl (C=O) groups excluding carboxylic acids is 2. The number of aliphatic hydroxyl groups excluding tert-OH is 1. The van der Waals surface area contributed by atoms with Crippen LogP contribution in [0.15, 0.2) is 24.3 Å². The molecule has 0 atom stereocenters. The Balaban J connectivity index is 0.00000155. The van der Waals surface area contributed by atoms with Gasteiger partial charge in [-0.05, 0) is 30.7 Å². The van der Waals surface area contributed by atoms with Gasteiger partial charge in [0.25, 0.3) is 5.91 Å². The second kappa shape index (κ2) is 10.4. The van der Waals surface area contributed by atoms with Gasteiger partial charge in [0.05, 0.1) is 23.6 Å². The number of hydrogen-bond donors (Lipinski definition) is 3. The second-order valence-electron chi connectivity index (χ2n) is 7.10. The second-order valence-corrected chi connectivity index (χ2v) is 7.10. The van der Waals surface area contributed by atoms with Gasteiger partial charge in [-0.3, -0.25) is 9.59 Å². The summed E-state index contributed by atoms with van der Waals surface area (Å²) in [7, 11) is 1.67. The first-order valence-corrected chi connectivity index (χ1v) is 10.2. The Morgan fingerprint density at radius 1 is 1.23 bits per heavy atom. The van der Waals surface area contributed by atoms with Crippen LogP contribution in [0.25, 0.3) is 0 Å². The smallest absolute Gasteiger partial charge is 0.257 e. The Labute approximate surface area is 176 Å². The molecule has 0 radical (unpaired) electrons. The van der Waals surface area contributed by atoms with E-state index in [2.05, 4.69) is 10.6 Å². The van der Waals surface area contributed by atoms with Crippen LogP contribution in [-0.2, 0) is 7.05 Å². The number of amides is 1. The standard InChI is InChI=1S/C20H25FN4O3.C2H6/c1-12-4-5-17(16(21)8-12)23-19-15(9-18(13(2)27)24(19)3)20(28)25-10-14(11-25)22-6-7-26;1-2/h4-5,8-9,14,22-23,26H,6-7,10-11H2,1-3H3;1-2H3. The van der Waals surface area contributed by atoms with Gasteiger partial charge in [0.15, 0.2) is 5.78 Å². The van der Waals surface area contributed by atoms with E-state index in [4.69, 9.17) is 5.11 Å². The van der Waals surface area contributed by atoms with Gasteiger partial charge >= 0.3 is 0 Å². The molecule has 7 nitrogen and oxygen atoms in total. The van der Waals surface area contributed by atoms with E-state index >= 15 is 0 Å². The molecule has 3 N–H and O–H groups in total. The molecule has 2 heterocycles. The Morgan fingerprint density at radius 3 is 2.47 bits per heavy atom. The molecule has 0 saturated carbocycles. The van der Waals surface area contributed by atoms with Crippen LogP contribution in [0.4, 0.5) is 15.9 Å². The Morgan fingerprint density at radius 2 is 1.90 bits per heavy atom. The maximum atomic E-state index is 14.3. The lowest BCUT2D eigenvalue weighted by Gasteiger charge is -2.39. The summed E-state index contributed by atoms with van der Waals surface area (Å²) < 4.78 is 15.9. The minimum atomic E-state index is -0.429. The Hall–Kier alpha value is -2.71. The van der Waals surface area contributed by atoms with E-state index in [9.17, 15) is 14.0 Å². The van der Waals surface area contributed by atoms with E-state index in [1.807, 2.05) is 13.8 Å². The zero-order chi connectivity index (χ0) is 22.4. The number of halogens is 1. The summed E-state index contributed by atoms with van der Waals surface area (Å²) in [6.45, 7) is 8.78. The first kappa shape index (κ1) is 23.6. The molecule has 1 fully saturated rings. The minimum absolute atomic E-state index is 0.0429. The average Bonchev–Trinajstić information content (AvgIpc) is 3.01. The summed E-state index contributed by atoms with van der Waals surface area (Å²) in [4.78, 5) is 26.6. The fourth-order valence-corrected chi connectivity index (χ4v) is 3.32. The van der Waals surface area contributed by atoms with Crippen LogP contribution in [0.3, 0.4) is 0 Å². The third kappa shape index (κ3) is 5.06. The molecule has 1 aliphatic heterocycles. The van der Waals surface area contributed by atoms with Gasteiger partial charge in [0.1, 0.15) is 11.6 Å². The fraction of sp³-hybridized carbons (Fsp3) is 0.455. The van der Waals surface area contributed by atoms with Gasteiger partial charge in [-0.2, -0.15) is 0 Å². The fourth-order valence-electron chi connectivity index (χ4n) is 3.32. The van der Waals surface area contributed by atoms with E-state index < -0.39 is 5.82 Å². The lowest BCUT2D eigenvalue weighted by atomic mass is 10.1. The van der Waals surface area contributed by atoms with Crippen molar-refractivity contribution in [1.29, 1.82) is 0 Å². The summed E-state index contributed by atoms with van der Waals surface area (Å²) >= 11 is 0. The number of rotatable bonds is 7. The SMILES string of the molecule is CC.CC(=O)c1cc(C(=O)N2CC(NCCO)C2)c(Nc2ccc(C)cc2F)n1C. The normalized spacial score (nSPS) is 13.4. The van der Waals surface area contributed by atoms with Crippen molar-refractivity contribution in [3.63, 3.8) is 0 Å². The van der Waals surface area contributed by atoms with E-state index in [-0.39, 0.29) is 30.0 Å². The molecule has 164 valence electrons. The number of nitrogens with one attached hydrogen (secondary N) is 2. The quantitative estimate of drug-likeness (QED) is 0.602. The third-order valence-electron chi connectivity index (χ3n) is 4.92. The number of anilines is 2. The van der Waals surface area contributed by atoms with Gasteiger partial charge in [0, 0.05) is 39.6 Å². The van der Waals surface area contributed by atoms with Crippen molar-refractivity contribution in [2.75, 3.05) is 31.6 Å². The summed E-state index contributed by atoms with van der Waals surface area (Å²) in [5.41, 5.74) is 1.72. The van der Waals surface area contributed by atoms with Gasteiger partial charge in [-0.15, -0.1) is 0 Å². The van der Waals surface area contributed by atoms with Crippen LogP contribution in [0.2, 0.25) is 0 Å². The van der Waals surface area contributed by atoms with Crippen molar-refractivity contribution in [3.8, 4) is 0 Å². The number of nitrogens with zero attached hydrogens (tertiary/aromatic N) is 2. The topological polar surface area (TPSA) is 86.6 Å². The maximum absolute atomic E-state index is 14.3. The molecule has 3 rings (SSSR count). The van der Waals surface area contributed by atoms with Gasteiger partial charge < -0.3 is 25.2 Å². The zero-order valence-corrected chi connectivity index (χ0v) is 18.3. The van der Waals surface area contributed by atoms with Crippen LogP contribution in [0.1, 0.15) is 47.2 Å². The van der Waals surface area contributed by atoms with Crippen molar-refractivity contribution in [2.24, 2.45) is 7.05 Å². The number of aliphatic hydroxyl groups is 1. The molecule has 2 aromatic rings. The monoisotopic (exact) mass is 418 g/mol. The number of carbonyl (C=O) groups is 2. The number of Topliss-reactive ketones (excluding diaryl/α,β-unsaturated/α-hetero) is 1. The molecule has 8 heteroatoms. The summed E-state index contributed by atoms with van der Waals surface area (Å²) in [6.07, 6.45) is 0. The van der Waals surface area contributed by atoms with Crippen molar-refractivity contribution in [3.05, 3.63) is 46.9 Å². The third-order valence-corrected chi connectivity index (χ3v) is 4.92. The predicted molar refractivity (Wildman–Crippen MR) is 116 cm³/mol. The molecule has 1 saturated heterocycles. The number of aryl methyl sites for hydroxylation is 1. The highest BCUT2D eigenvalue weighted by Crippen LogP contribution is 2.29. The summed E-state index contributed by atoms with van der Waals surface area (Å²) in [6, 6.07) is 6.48. The number of likely N-dealkylation sites (tertiary alicyclic amines) is 1. The molecule has 1 amide bonds. The number of benzene rings is 1. The lowest BCUT2D eigenvalue weighted by molar-refractivity contribution is 0.0563. The van der Waals surface area contributed by atoms with Gasteiger partial charge in [-0.25, -0.2) is 4.39 Å². The van der Waals surface area contributed by atoms with Gasteiger partial charge in [0.2, 0.25) is 0 Å². The predicted octanol–water partition coefficient (Wildman–Crippen LogP) is 2.85. The van der Waals surface area contributed by atoms with Crippen molar-refractivity contribution < 1.29 is 19.1 Å². The van der Waals surface area contributed by atoms with E-state index in [1.165, 1.54) is 13.0 Å². The van der Waals surface area contributed by atoms with E-state index in [1.54, 1.807) is 41.6 Å². The van der Waals surface area contributed by atoms with Crippen LogP contribution in [0, 0.1) is 12.7 Å². The van der Waals surface area contributed by atoms with E-state index in [0.29, 0.717) is 36.7 Å². The molecular weight excluding hydrogens is 387 g/mol. The van der Waals surface area contributed by atoms with Crippen molar-refractivity contribution in [1.82, 2.24) is 14.8 Å². The number of hydrogen-bond acceptors (Lipinski definition) is 5. The molecule has 1 aliphatic rings. The number of aromatic nitrogens is 1. The van der Waals surface area contributed by atoms with Crippen LogP contribution in [-0.4, -0.2) is 58.5 Å². The highest BCUT2D eigenvalue weighted by Gasteiger charge is 2.33. The summed E-state index contributed by atoms with van der Waals surface area (Å²) in [5.74, 6) is -0.453. The highest BCUT2D eigenvalue weighted by molar-refractivity contribution is 6.04. The average molecular weight is 419 g/mol. The molecule has 0 spiro atoms. The summed E-state index contributed by atoms with van der Waals surface area (Å²) in [5, 5.41) is 15.0. The van der Waals surface area contributed by atoms with Crippen LogP contribution >= 0.6 is 0 Å². The molecule has 0 aliphatic carbocycles.